The maximum absolute atomic E-state index is 3.44. The largest absolute Gasteiger partial charge is 0.317 e. The Morgan fingerprint density at radius 3 is 2.21 bits per heavy atom. The van der Waals surface area contributed by atoms with Gasteiger partial charge in [0, 0.05) is 6.04 Å². The van der Waals surface area contributed by atoms with Crippen molar-refractivity contribution in [1.82, 2.24) is 5.32 Å². The molecule has 0 aromatic heterocycles. The van der Waals surface area contributed by atoms with Crippen molar-refractivity contribution < 1.29 is 0 Å². The van der Waals surface area contributed by atoms with Crippen LogP contribution >= 0.6 is 0 Å². The Hall–Kier alpha value is -0.0400. The number of hydrogen-bond donors (Lipinski definition) is 1. The SMILES string of the molecule is CNC(C)C1CCCCC1C(C)(C)C. The van der Waals surface area contributed by atoms with Crippen LogP contribution in [0.2, 0.25) is 0 Å². The van der Waals surface area contributed by atoms with Crippen molar-refractivity contribution in [3.05, 3.63) is 0 Å². The highest BCUT2D eigenvalue weighted by molar-refractivity contribution is 4.88. The molecule has 1 aliphatic carbocycles. The molecule has 1 fully saturated rings. The van der Waals surface area contributed by atoms with E-state index in [1.165, 1.54) is 25.7 Å². The van der Waals surface area contributed by atoms with Gasteiger partial charge in [-0.2, -0.15) is 0 Å². The Morgan fingerprint density at radius 1 is 1.14 bits per heavy atom. The van der Waals surface area contributed by atoms with E-state index in [4.69, 9.17) is 0 Å². The topological polar surface area (TPSA) is 12.0 Å². The molecule has 1 nitrogen and oxygen atoms in total. The van der Waals surface area contributed by atoms with E-state index in [1.54, 1.807) is 0 Å². The number of rotatable bonds is 2. The van der Waals surface area contributed by atoms with Crippen LogP contribution in [0.3, 0.4) is 0 Å². The van der Waals surface area contributed by atoms with Gasteiger partial charge in [-0.05, 0) is 44.1 Å². The van der Waals surface area contributed by atoms with E-state index >= 15 is 0 Å². The first-order chi connectivity index (χ1) is 6.46. The van der Waals surface area contributed by atoms with Crippen LogP contribution < -0.4 is 5.32 Å². The lowest BCUT2D eigenvalue weighted by Crippen LogP contribution is -2.41. The van der Waals surface area contributed by atoms with Crippen LogP contribution in [0.1, 0.15) is 53.4 Å². The van der Waals surface area contributed by atoms with E-state index in [1.807, 2.05) is 0 Å². The van der Waals surface area contributed by atoms with Crippen molar-refractivity contribution in [3.63, 3.8) is 0 Å². The predicted molar refractivity (Wildman–Crippen MR) is 63.4 cm³/mol. The van der Waals surface area contributed by atoms with Gasteiger partial charge in [0.05, 0.1) is 0 Å². The molecule has 1 heteroatoms. The number of nitrogens with one attached hydrogen (secondary N) is 1. The first-order valence-electron chi connectivity index (χ1n) is 6.14. The van der Waals surface area contributed by atoms with E-state index in [0.29, 0.717) is 11.5 Å². The van der Waals surface area contributed by atoms with E-state index in [0.717, 1.165) is 11.8 Å². The van der Waals surface area contributed by atoms with Crippen molar-refractivity contribution >= 4 is 0 Å². The van der Waals surface area contributed by atoms with Crippen LogP contribution in [0.15, 0.2) is 0 Å². The lowest BCUT2D eigenvalue weighted by atomic mass is 9.64. The highest BCUT2D eigenvalue weighted by atomic mass is 14.9. The normalized spacial score (nSPS) is 31.5. The fraction of sp³-hybridized carbons (Fsp3) is 1.00. The van der Waals surface area contributed by atoms with Crippen LogP contribution in [0, 0.1) is 17.3 Å². The van der Waals surface area contributed by atoms with Crippen molar-refractivity contribution in [1.29, 1.82) is 0 Å². The second kappa shape index (κ2) is 4.65. The summed E-state index contributed by atoms with van der Waals surface area (Å²) in [4.78, 5) is 0. The fourth-order valence-electron chi connectivity index (χ4n) is 3.05. The van der Waals surface area contributed by atoms with Crippen molar-refractivity contribution in [2.24, 2.45) is 17.3 Å². The van der Waals surface area contributed by atoms with Crippen LogP contribution in [-0.4, -0.2) is 13.1 Å². The van der Waals surface area contributed by atoms with E-state index in [-0.39, 0.29) is 0 Å². The Bertz CT molecular complexity index is 169. The molecule has 0 radical (unpaired) electrons. The standard InChI is InChI=1S/C13H27N/c1-10(14-5)11-8-6-7-9-12(11)13(2,3)4/h10-12,14H,6-9H2,1-5H3. The second-order valence-corrected chi connectivity index (χ2v) is 6.00. The molecule has 14 heavy (non-hydrogen) atoms. The van der Waals surface area contributed by atoms with E-state index in [2.05, 4.69) is 40.1 Å². The van der Waals surface area contributed by atoms with Gasteiger partial charge >= 0.3 is 0 Å². The lowest BCUT2D eigenvalue weighted by Gasteiger charge is -2.43. The average Bonchev–Trinajstić information content (AvgIpc) is 2.15. The Kier molecular flexibility index (Phi) is 4.00. The zero-order valence-corrected chi connectivity index (χ0v) is 10.6. The molecule has 1 N–H and O–H groups in total. The lowest BCUT2D eigenvalue weighted by molar-refractivity contribution is 0.0860. The van der Waals surface area contributed by atoms with E-state index < -0.39 is 0 Å². The molecule has 0 bridgehead atoms. The monoisotopic (exact) mass is 197 g/mol. The third-order valence-electron chi connectivity index (χ3n) is 4.03. The molecule has 3 unspecified atom stereocenters. The molecule has 0 amide bonds. The Balaban J connectivity index is 2.69. The van der Waals surface area contributed by atoms with Crippen LogP contribution in [0.4, 0.5) is 0 Å². The van der Waals surface area contributed by atoms with Gasteiger partial charge in [-0.3, -0.25) is 0 Å². The summed E-state index contributed by atoms with van der Waals surface area (Å²) in [5.74, 6) is 1.78. The van der Waals surface area contributed by atoms with Crippen LogP contribution in [0.25, 0.3) is 0 Å². The summed E-state index contributed by atoms with van der Waals surface area (Å²) >= 11 is 0. The summed E-state index contributed by atoms with van der Waals surface area (Å²) in [6, 6.07) is 0.680. The molecule has 84 valence electrons. The summed E-state index contributed by atoms with van der Waals surface area (Å²) in [7, 11) is 2.10. The summed E-state index contributed by atoms with van der Waals surface area (Å²) in [5.41, 5.74) is 0.482. The van der Waals surface area contributed by atoms with Gasteiger partial charge in [0.2, 0.25) is 0 Å². The van der Waals surface area contributed by atoms with Gasteiger partial charge in [0.25, 0.3) is 0 Å². The quantitative estimate of drug-likeness (QED) is 0.715. The van der Waals surface area contributed by atoms with Gasteiger partial charge in [-0.15, -0.1) is 0 Å². The van der Waals surface area contributed by atoms with Crippen LogP contribution in [0.5, 0.6) is 0 Å². The zero-order chi connectivity index (χ0) is 10.8. The van der Waals surface area contributed by atoms with Crippen molar-refractivity contribution in [3.8, 4) is 0 Å². The third-order valence-corrected chi connectivity index (χ3v) is 4.03. The Labute approximate surface area is 89.7 Å². The average molecular weight is 197 g/mol. The molecule has 0 aromatic carbocycles. The summed E-state index contributed by atoms with van der Waals surface area (Å²) in [5, 5.41) is 3.44. The number of hydrogen-bond acceptors (Lipinski definition) is 1. The fourth-order valence-corrected chi connectivity index (χ4v) is 3.05. The van der Waals surface area contributed by atoms with Gasteiger partial charge in [-0.25, -0.2) is 0 Å². The third kappa shape index (κ3) is 2.73. The molecule has 1 saturated carbocycles. The summed E-state index contributed by atoms with van der Waals surface area (Å²) in [6.07, 6.45) is 5.72. The van der Waals surface area contributed by atoms with Crippen molar-refractivity contribution in [2.45, 2.75) is 59.4 Å². The molecule has 1 rings (SSSR count). The molecule has 0 spiro atoms. The summed E-state index contributed by atoms with van der Waals surface area (Å²) in [6.45, 7) is 9.55. The molecule has 3 atom stereocenters. The molecular formula is C13H27N. The first-order valence-corrected chi connectivity index (χ1v) is 6.14. The maximum Gasteiger partial charge on any atom is 0.00668 e. The maximum atomic E-state index is 3.44. The highest BCUT2D eigenvalue weighted by Crippen LogP contribution is 2.43. The zero-order valence-electron chi connectivity index (χ0n) is 10.6. The van der Waals surface area contributed by atoms with E-state index in [9.17, 15) is 0 Å². The minimum Gasteiger partial charge on any atom is -0.317 e. The minimum atomic E-state index is 0.482. The molecule has 0 aliphatic heterocycles. The molecule has 0 aromatic rings. The molecule has 1 aliphatic rings. The van der Waals surface area contributed by atoms with Gasteiger partial charge in [0.15, 0.2) is 0 Å². The predicted octanol–water partition coefficient (Wildman–Crippen LogP) is 3.45. The Morgan fingerprint density at radius 2 is 1.71 bits per heavy atom. The van der Waals surface area contributed by atoms with Gasteiger partial charge in [-0.1, -0.05) is 33.6 Å². The van der Waals surface area contributed by atoms with Crippen LogP contribution in [-0.2, 0) is 0 Å². The molecule has 0 heterocycles. The highest BCUT2D eigenvalue weighted by Gasteiger charge is 2.36. The first kappa shape index (κ1) is 12.0. The summed E-state index contributed by atoms with van der Waals surface area (Å²) < 4.78 is 0. The van der Waals surface area contributed by atoms with Gasteiger partial charge in [0.1, 0.15) is 0 Å². The molecule has 0 saturated heterocycles. The van der Waals surface area contributed by atoms with Crippen molar-refractivity contribution in [2.75, 3.05) is 7.05 Å². The second-order valence-electron chi connectivity index (χ2n) is 6.00. The smallest absolute Gasteiger partial charge is 0.00668 e. The van der Waals surface area contributed by atoms with Gasteiger partial charge < -0.3 is 5.32 Å². The minimum absolute atomic E-state index is 0.482. The molecular weight excluding hydrogens is 170 g/mol.